The molecule has 2 rings (SSSR count). The Balaban J connectivity index is 2.25. The van der Waals surface area contributed by atoms with Crippen molar-refractivity contribution in [3.8, 4) is 0 Å². The smallest absolute Gasteiger partial charge is 0.0341 e. The van der Waals surface area contributed by atoms with Crippen LogP contribution in [0.1, 0.15) is 59.8 Å². The van der Waals surface area contributed by atoms with E-state index >= 15 is 0 Å². The molecule has 0 spiro atoms. The number of likely N-dealkylation sites (N-methyl/N-ethyl adjacent to an activating group) is 1. The molecule has 2 aliphatic carbocycles. The summed E-state index contributed by atoms with van der Waals surface area (Å²) in [5.74, 6) is 0. The molecule has 0 radical (unpaired) electrons. The number of nitrogens with two attached hydrogens (primary N) is 1. The number of nitrogens with zero attached hydrogens (tertiary/aromatic N) is 1. The zero-order valence-corrected chi connectivity index (χ0v) is 12.3. The van der Waals surface area contributed by atoms with E-state index < -0.39 is 0 Å². The Morgan fingerprint density at radius 2 is 1.47 bits per heavy atom. The van der Waals surface area contributed by atoms with Gasteiger partial charge in [-0.05, 0) is 50.0 Å². The lowest BCUT2D eigenvalue weighted by Crippen LogP contribution is -2.60. The van der Waals surface area contributed by atoms with Crippen molar-refractivity contribution < 1.29 is 0 Å². The van der Waals surface area contributed by atoms with Gasteiger partial charge in [-0.1, -0.05) is 27.7 Å². The van der Waals surface area contributed by atoms with Crippen LogP contribution in [0.15, 0.2) is 0 Å². The third-order valence-corrected chi connectivity index (χ3v) is 4.80. The predicted molar refractivity (Wildman–Crippen MR) is 74.0 cm³/mol. The van der Waals surface area contributed by atoms with E-state index in [1.165, 1.54) is 32.1 Å². The molecule has 2 heteroatoms. The lowest BCUT2D eigenvalue weighted by Gasteiger charge is -2.55. The molecule has 2 saturated carbocycles. The summed E-state index contributed by atoms with van der Waals surface area (Å²) in [7, 11) is 2.31. The molecule has 2 fully saturated rings. The summed E-state index contributed by atoms with van der Waals surface area (Å²) in [6.45, 7) is 10.5. The quantitative estimate of drug-likeness (QED) is 0.819. The molecule has 0 unspecified atom stereocenters. The van der Waals surface area contributed by atoms with Crippen molar-refractivity contribution in [2.24, 2.45) is 16.6 Å². The molecule has 0 heterocycles. The SMILES string of the molecule is CN(C1CC1)C1(CN)CC(C)(C)CC(C)(C)C1. The molecule has 0 aromatic heterocycles. The first-order valence-electron chi connectivity index (χ1n) is 7.13. The van der Waals surface area contributed by atoms with E-state index in [2.05, 4.69) is 39.6 Å². The maximum Gasteiger partial charge on any atom is 0.0341 e. The monoisotopic (exact) mass is 238 g/mol. The van der Waals surface area contributed by atoms with Crippen molar-refractivity contribution in [1.29, 1.82) is 0 Å². The van der Waals surface area contributed by atoms with Gasteiger partial charge in [-0.3, -0.25) is 4.90 Å². The molecule has 2 N–H and O–H groups in total. The van der Waals surface area contributed by atoms with Gasteiger partial charge in [-0.2, -0.15) is 0 Å². The predicted octanol–water partition coefficient (Wildman–Crippen LogP) is 3.01. The third kappa shape index (κ3) is 2.68. The first-order chi connectivity index (χ1) is 7.70. The molecule has 0 atom stereocenters. The highest BCUT2D eigenvalue weighted by Crippen LogP contribution is 2.53. The van der Waals surface area contributed by atoms with Gasteiger partial charge in [0.05, 0.1) is 0 Å². The van der Waals surface area contributed by atoms with Crippen LogP contribution in [0, 0.1) is 10.8 Å². The second-order valence-electron chi connectivity index (χ2n) is 8.13. The van der Waals surface area contributed by atoms with E-state index in [1.54, 1.807) is 0 Å². The van der Waals surface area contributed by atoms with Crippen LogP contribution in [0.5, 0.6) is 0 Å². The minimum absolute atomic E-state index is 0.242. The largest absolute Gasteiger partial charge is 0.329 e. The number of hydrogen-bond donors (Lipinski definition) is 1. The molecule has 0 bridgehead atoms. The highest BCUT2D eigenvalue weighted by molar-refractivity contribution is 5.06. The molecule has 100 valence electrons. The van der Waals surface area contributed by atoms with Crippen LogP contribution >= 0.6 is 0 Å². The van der Waals surface area contributed by atoms with Gasteiger partial charge in [0.15, 0.2) is 0 Å². The van der Waals surface area contributed by atoms with Crippen molar-refractivity contribution in [2.45, 2.75) is 71.4 Å². The Bertz CT molecular complexity index is 273. The lowest BCUT2D eigenvalue weighted by atomic mass is 9.58. The summed E-state index contributed by atoms with van der Waals surface area (Å²) >= 11 is 0. The fourth-order valence-corrected chi connectivity index (χ4v) is 4.65. The van der Waals surface area contributed by atoms with Crippen LogP contribution in [0.25, 0.3) is 0 Å². The zero-order chi connectivity index (χ0) is 12.9. The first-order valence-corrected chi connectivity index (χ1v) is 7.13. The van der Waals surface area contributed by atoms with Gasteiger partial charge in [0.2, 0.25) is 0 Å². The van der Waals surface area contributed by atoms with E-state index in [0.29, 0.717) is 10.8 Å². The average molecular weight is 238 g/mol. The molecular weight excluding hydrogens is 208 g/mol. The molecule has 0 aromatic rings. The molecular formula is C15H30N2. The Labute approximate surface area is 107 Å². The van der Waals surface area contributed by atoms with Gasteiger partial charge >= 0.3 is 0 Å². The van der Waals surface area contributed by atoms with Crippen molar-refractivity contribution >= 4 is 0 Å². The van der Waals surface area contributed by atoms with E-state index in [4.69, 9.17) is 5.73 Å². The number of rotatable bonds is 3. The van der Waals surface area contributed by atoms with Crippen molar-refractivity contribution in [3.05, 3.63) is 0 Å². The Morgan fingerprint density at radius 3 is 1.82 bits per heavy atom. The summed E-state index contributed by atoms with van der Waals surface area (Å²) in [4.78, 5) is 2.62. The normalized spacial score (nSPS) is 30.5. The first kappa shape index (κ1) is 13.4. The van der Waals surface area contributed by atoms with Crippen LogP contribution in [0.3, 0.4) is 0 Å². The number of hydrogen-bond acceptors (Lipinski definition) is 2. The second kappa shape index (κ2) is 3.96. The van der Waals surface area contributed by atoms with Crippen molar-refractivity contribution in [3.63, 3.8) is 0 Å². The highest BCUT2D eigenvalue weighted by atomic mass is 15.2. The van der Waals surface area contributed by atoms with Gasteiger partial charge in [-0.15, -0.1) is 0 Å². The molecule has 2 nitrogen and oxygen atoms in total. The zero-order valence-electron chi connectivity index (χ0n) is 12.3. The summed E-state index contributed by atoms with van der Waals surface area (Å²) in [6, 6.07) is 0.809. The fraction of sp³-hybridized carbons (Fsp3) is 1.00. The maximum absolute atomic E-state index is 6.21. The third-order valence-electron chi connectivity index (χ3n) is 4.80. The Hall–Kier alpha value is -0.0800. The summed E-state index contributed by atoms with van der Waals surface area (Å²) in [5, 5.41) is 0. The van der Waals surface area contributed by atoms with Crippen LogP contribution in [-0.4, -0.2) is 30.1 Å². The van der Waals surface area contributed by atoms with E-state index in [-0.39, 0.29) is 5.54 Å². The minimum atomic E-state index is 0.242. The summed E-state index contributed by atoms with van der Waals surface area (Å²) in [6.07, 6.45) is 6.58. The fourth-order valence-electron chi connectivity index (χ4n) is 4.65. The Kier molecular flexibility index (Phi) is 3.11. The van der Waals surface area contributed by atoms with Gasteiger partial charge in [0, 0.05) is 18.1 Å². The standard InChI is InChI=1S/C15H30N2/c1-13(2)8-14(3,4)10-15(9-13,11-16)17(5)12-6-7-12/h12H,6-11,16H2,1-5H3. The molecule has 0 aromatic carbocycles. The highest BCUT2D eigenvalue weighted by Gasteiger charge is 2.51. The van der Waals surface area contributed by atoms with Crippen LogP contribution in [0.4, 0.5) is 0 Å². The minimum Gasteiger partial charge on any atom is -0.329 e. The van der Waals surface area contributed by atoms with E-state index in [1.807, 2.05) is 0 Å². The Morgan fingerprint density at radius 1 is 1.00 bits per heavy atom. The van der Waals surface area contributed by atoms with E-state index in [9.17, 15) is 0 Å². The second-order valence-corrected chi connectivity index (χ2v) is 8.13. The van der Waals surface area contributed by atoms with Gasteiger partial charge in [-0.25, -0.2) is 0 Å². The average Bonchev–Trinajstić information content (AvgIpc) is 2.94. The topological polar surface area (TPSA) is 29.3 Å². The van der Waals surface area contributed by atoms with Crippen molar-refractivity contribution in [2.75, 3.05) is 13.6 Å². The molecule has 0 amide bonds. The summed E-state index contributed by atoms with van der Waals surface area (Å²) < 4.78 is 0. The van der Waals surface area contributed by atoms with E-state index in [0.717, 1.165) is 12.6 Å². The molecule has 0 saturated heterocycles. The van der Waals surface area contributed by atoms with Crippen LogP contribution in [0.2, 0.25) is 0 Å². The maximum atomic E-state index is 6.21. The lowest BCUT2D eigenvalue weighted by molar-refractivity contribution is -0.0356. The van der Waals surface area contributed by atoms with Crippen LogP contribution in [-0.2, 0) is 0 Å². The van der Waals surface area contributed by atoms with Gasteiger partial charge < -0.3 is 5.73 Å². The van der Waals surface area contributed by atoms with Crippen molar-refractivity contribution in [1.82, 2.24) is 4.90 Å². The summed E-state index contributed by atoms with van der Waals surface area (Å²) in [5.41, 5.74) is 7.29. The molecule has 0 aliphatic heterocycles. The van der Waals surface area contributed by atoms with Gasteiger partial charge in [0.1, 0.15) is 0 Å². The molecule has 17 heavy (non-hydrogen) atoms. The van der Waals surface area contributed by atoms with Gasteiger partial charge in [0.25, 0.3) is 0 Å². The van der Waals surface area contributed by atoms with Crippen LogP contribution < -0.4 is 5.73 Å². The molecule has 2 aliphatic rings.